The lowest BCUT2D eigenvalue weighted by atomic mass is 10.3. The zero-order valence-corrected chi connectivity index (χ0v) is 19.8. The van der Waals surface area contributed by atoms with Crippen molar-refractivity contribution in [1.29, 1.82) is 0 Å². The van der Waals surface area contributed by atoms with E-state index in [1.165, 1.54) is 39.5 Å². The number of anilines is 2. The van der Waals surface area contributed by atoms with E-state index in [1.54, 1.807) is 0 Å². The van der Waals surface area contributed by atoms with Gasteiger partial charge in [-0.25, -0.2) is 25.6 Å². The molecular weight excluding hydrogens is 494 g/mol. The normalized spacial score (nSPS) is 11.6. The lowest BCUT2D eigenvalue weighted by Gasteiger charge is -2.15. The van der Waals surface area contributed by atoms with Gasteiger partial charge in [-0.1, -0.05) is 0 Å². The second kappa shape index (κ2) is 9.73. The average Bonchev–Trinajstić information content (AvgIpc) is 2.80. The van der Waals surface area contributed by atoms with Crippen LogP contribution in [0.3, 0.4) is 0 Å². The van der Waals surface area contributed by atoms with Crippen LogP contribution in [0, 0.1) is 11.6 Å². The molecule has 3 aromatic carbocycles. The average molecular weight is 515 g/mol. The van der Waals surface area contributed by atoms with Crippen LogP contribution in [0.4, 0.5) is 20.2 Å². The zero-order chi connectivity index (χ0) is 25.1. The van der Waals surface area contributed by atoms with Crippen LogP contribution in [-0.4, -0.2) is 38.2 Å². The molecule has 3 rings (SSSR count). The summed E-state index contributed by atoms with van der Waals surface area (Å²) >= 11 is 0. The lowest BCUT2D eigenvalue weighted by Crippen LogP contribution is -2.17. The highest BCUT2D eigenvalue weighted by Gasteiger charge is 2.25. The number of nitrogens with one attached hydrogen (secondary N) is 2. The predicted octanol–water partition coefficient (Wildman–Crippen LogP) is 3.59. The van der Waals surface area contributed by atoms with Crippen molar-refractivity contribution in [1.82, 2.24) is 0 Å². The van der Waals surface area contributed by atoms with Gasteiger partial charge in [-0.15, -0.1) is 0 Å². The monoisotopic (exact) mass is 514 g/mol. The van der Waals surface area contributed by atoms with E-state index in [9.17, 15) is 25.6 Å². The van der Waals surface area contributed by atoms with Crippen LogP contribution in [-0.2, 0) is 20.0 Å². The molecule has 0 spiro atoms. The van der Waals surface area contributed by atoms with Gasteiger partial charge in [-0.2, -0.15) is 0 Å². The predicted molar refractivity (Wildman–Crippen MR) is 121 cm³/mol. The Morgan fingerprint density at radius 1 is 0.618 bits per heavy atom. The molecule has 0 saturated carbocycles. The Balaban J connectivity index is 1.99. The molecule has 0 atom stereocenters. The zero-order valence-electron chi connectivity index (χ0n) is 18.1. The third-order valence-electron chi connectivity index (χ3n) is 4.54. The second-order valence-corrected chi connectivity index (χ2v) is 10.1. The Labute approximate surface area is 195 Å². The summed E-state index contributed by atoms with van der Waals surface area (Å²) in [5, 5.41) is 0. The molecule has 0 aromatic heterocycles. The van der Waals surface area contributed by atoms with Crippen molar-refractivity contribution >= 4 is 31.4 Å². The van der Waals surface area contributed by atoms with Crippen molar-refractivity contribution in [3.8, 4) is 17.2 Å². The molecular formula is C21H20F2N2O7S2. The van der Waals surface area contributed by atoms with Gasteiger partial charge in [-0.3, -0.25) is 9.44 Å². The first-order valence-electron chi connectivity index (χ1n) is 9.41. The highest BCUT2D eigenvalue weighted by atomic mass is 32.2. The number of ether oxygens (including phenoxy) is 3. The number of methoxy groups -OCH3 is 3. The van der Waals surface area contributed by atoms with Crippen molar-refractivity contribution in [2.45, 2.75) is 9.79 Å². The molecule has 0 heterocycles. The molecule has 0 amide bonds. The SMILES string of the molecule is COc1cc(NS(=O)(=O)c2ccc(OC)c(S(=O)(=O)Nc3ccc(F)c(OC)c3)c2)ccc1F. The molecule has 0 unspecified atom stereocenters. The fourth-order valence-corrected chi connectivity index (χ4v) is 5.30. The first-order valence-corrected chi connectivity index (χ1v) is 12.4. The van der Waals surface area contributed by atoms with E-state index in [2.05, 4.69) is 9.44 Å². The van der Waals surface area contributed by atoms with E-state index in [4.69, 9.17) is 14.2 Å². The van der Waals surface area contributed by atoms with Gasteiger partial charge in [0.05, 0.1) is 37.6 Å². The highest BCUT2D eigenvalue weighted by Crippen LogP contribution is 2.31. The van der Waals surface area contributed by atoms with Crippen LogP contribution in [0.1, 0.15) is 0 Å². The number of halogens is 2. The quantitative estimate of drug-likeness (QED) is 0.448. The Kier molecular flexibility index (Phi) is 7.17. The van der Waals surface area contributed by atoms with E-state index < -0.39 is 41.5 Å². The summed E-state index contributed by atoms with van der Waals surface area (Å²) < 4.78 is 98.3. The topological polar surface area (TPSA) is 120 Å². The van der Waals surface area contributed by atoms with Gasteiger partial charge >= 0.3 is 0 Å². The summed E-state index contributed by atoms with van der Waals surface area (Å²) in [5.41, 5.74) is -0.0277. The van der Waals surface area contributed by atoms with E-state index in [0.717, 1.165) is 36.4 Å². The third-order valence-corrected chi connectivity index (χ3v) is 7.32. The van der Waals surface area contributed by atoms with Crippen LogP contribution in [0.25, 0.3) is 0 Å². The Morgan fingerprint density at radius 2 is 1.09 bits per heavy atom. The fraction of sp³-hybridized carbons (Fsp3) is 0.143. The minimum absolute atomic E-state index is 0.00462. The van der Waals surface area contributed by atoms with Gasteiger partial charge in [-0.05, 0) is 42.5 Å². The van der Waals surface area contributed by atoms with Gasteiger partial charge in [0.1, 0.15) is 10.6 Å². The van der Waals surface area contributed by atoms with E-state index in [0.29, 0.717) is 0 Å². The Bertz CT molecular complexity index is 1430. The van der Waals surface area contributed by atoms with Gasteiger partial charge in [0.25, 0.3) is 20.0 Å². The Morgan fingerprint density at radius 3 is 1.56 bits per heavy atom. The molecule has 34 heavy (non-hydrogen) atoms. The minimum Gasteiger partial charge on any atom is -0.495 e. The molecule has 0 aliphatic carbocycles. The number of sulfonamides is 2. The maximum absolute atomic E-state index is 13.7. The molecule has 3 aromatic rings. The highest BCUT2D eigenvalue weighted by molar-refractivity contribution is 7.93. The van der Waals surface area contributed by atoms with Crippen LogP contribution in [0.2, 0.25) is 0 Å². The third kappa shape index (κ3) is 5.31. The van der Waals surface area contributed by atoms with E-state index in [-0.39, 0.29) is 28.6 Å². The fourth-order valence-electron chi connectivity index (χ4n) is 2.90. The maximum Gasteiger partial charge on any atom is 0.265 e. The van der Waals surface area contributed by atoms with Crippen molar-refractivity contribution in [3.63, 3.8) is 0 Å². The lowest BCUT2D eigenvalue weighted by molar-refractivity contribution is 0.387. The summed E-state index contributed by atoms with van der Waals surface area (Å²) in [7, 11) is -5.02. The van der Waals surface area contributed by atoms with Crippen molar-refractivity contribution in [3.05, 3.63) is 66.2 Å². The summed E-state index contributed by atoms with van der Waals surface area (Å²) in [6.07, 6.45) is 0. The van der Waals surface area contributed by atoms with Gasteiger partial charge in [0.2, 0.25) is 0 Å². The van der Waals surface area contributed by atoms with Crippen molar-refractivity contribution in [2.24, 2.45) is 0 Å². The standard InChI is InChI=1S/C21H20F2N2O7S2/c1-30-18-9-6-15(33(26,27)24-13-4-7-16(22)19(10-13)31-2)12-21(18)34(28,29)25-14-5-8-17(23)20(11-14)32-3/h4-12,24-25H,1-3H3. The number of benzene rings is 3. The van der Waals surface area contributed by atoms with Crippen molar-refractivity contribution in [2.75, 3.05) is 30.8 Å². The smallest absolute Gasteiger partial charge is 0.265 e. The maximum atomic E-state index is 13.7. The number of rotatable bonds is 9. The van der Waals surface area contributed by atoms with Gasteiger partial charge < -0.3 is 14.2 Å². The van der Waals surface area contributed by atoms with Crippen molar-refractivity contribution < 1.29 is 39.8 Å². The molecule has 9 nitrogen and oxygen atoms in total. The van der Waals surface area contributed by atoms with E-state index in [1.807, 2.05) is 0 Å². The number of hydrogen-bond donors (Lipinski definition) is 2. The summed E-state index contributed by atoms with van der Waals surface area (Å²) in [6, 6.07) is 9.84. The molecule has 0 saturated heterocycles. The second-order valence-electron chi connectivity index (χ2n) is 6.72. The van der Waals surface area contributed by atoms with Crippen LogP contribution < -0.4 is 23.7 Å². The minimum atomic E-state index is -4.38. The van der Waals surface area contributed by atoms with Gasteiger partial charge in [0.15, 0.2) is 23.1 Å². The first kappa shape index (κ1) is 25.1. The van der Waals surface area contributed by atoms with Crippen LogP contribution >= 0.6 is 0 Å². The summed E-state index contributed by atoms with van der Waals surface area (Å²) in [5.74, 6) is -1.89. The molecule has 0 fully saturated rings. The summed E-state index contributed by atoms with van der Waals surface area (Å²) in [4.78, 5) is -0.897. The Hall–Kier alpha value is -3.58. The molecule has 182 valence electrons. The molecule has 13 heteroatoms. The largest absolute Gasteiger partial charge is 0.495 e. The number of hydrogen-bond acceptors (Lipinski definition) is 7. The molecule has 2 N–H and O–H groups in total. The van der Waals surface area contributed by atoms with Crippen LogP contribution in [0.15, 0.2) is 64.4 Å². The van der Waals surface area contributed by atoms with Gasteiger partial charge in [0, 0.05) is 12.1 Å². The molecule has 0 aliphatic rings. The van der Waals surface area contributed by atoms with Crippen LogP contribution in [0.5, 0.6) is 17.2 Å². The summed E-state index contributed by atoms with van der Waals surface area (Å²) in [6.45, 7) is 0. The molecule has 0 bridgehead atoms. The first-order chi connectivity index (χ1) is 16.0. The molecule has 0 radical (unpaired) electrons. The van der Waals surface area contributed by atoms with E-state index >= 15 is 0 Å². The molecule has 0 aliphatic heterocycles.